The number of nitrogens with one attached hydrogen (secondary N) is 1. The second-order valence-corrected chi connectivity index (χ2v) is 6.29. The highest BCUT2D eigenvalue weighted by Gasteiger charge is 2.23. The van der Waals surface area contributed by atoms with Gasteiger partial charge in [0.25, 0.3) is 5.91 Å². The lowest BCUT2D eigenvalue weighted by Crippen LogP contribution is -2.41. The summed E-state index contributed by atoms with van der Waals surface area (Å²) in [7, 11) is 0. The van der Waals surface area contributed by atoms with Crippen molar-refractivity contribution < 1.29 is 4.79 Å². The van der Waals surface area contributed by atoms with Crippen LogP contribution in [0.5, 0.6) is 0 Å². The maximum atomic E-state index is 12.3. The van der Waals surface area contributed by atoms with E-state index in [0.29, 0.717) is 11.4 Å². The predicted octanol–water partition coefficient (Wildman–Crippen LogP) is 2.28. The fourth-order valence-corrected chi connectivity index (χ4v) is 3.53. The fourth-order valence-electron chi connectivity index (χ4n) is 2.86. The van der Waals surface area contributed by atoms with Crippen LogP contribution in [0.25, 0.3) is 0 Å². The first-order valence-electron chi connectivity index (χ1n) is 7.64. The number of fused-ring (bicyclic) bond motifs is 1. The van der Waals surface area contributed by atoms with E-state index in [1.54, 1.807) is 0 Å². The van der Waals surface area contributed by atoms with Gasteiger partial charge in [0, 0.05) is 24.8 Å². The summed E-state index contributed by atoms with van der Waals surface area (Å²) in [6, 6.07) is 8.75. The van der Waals surface area contributed by atoms with Crippen LogP contribution in [0, 0.1) is 0 Å². The molecule has 0 aliphatic carbocycles. The molecule has 22 heavy (non-hydrogen) atoms. The minimum absolute atomic E-state index is 0.0637. The number of anilines is 1. The lowest BCUT2D eigenvalue weighted by Gasteiger charge is -2.27. The molecule has 2 aromatic rings. The number of benzene rings is 1. The Hall–Kier alpha value is -1.95. The smallest absolute Gasteiger partial charge is 0.265 e. The molecule has 3 rings (SSSR count). The first kappa shape index (κ1) is 15.0. The Bertz CT molecular complexity index is 670. The molecule has 0 radical (unpaired) electrons. The third-order valence-corrected chi connectivity index (χ3v) is 4.88. The molecule has 0 saturated heterocycles. The topological polar surface area (TPSA) is 58.1 Å². The van der Waals surface area contributed by atoms with Gasteiger partial charge in [0.1, 0.15) is 4.88 Å². The second kappa shape index (κ2) is 6.44. The van der Waals surface area contributed by atoms with E-state index in [4.69, 9.17) is 0 Å². The molecule has 0 spiro atoms. The van der Waals surface area contributed by atoms with E-state index in [1.165, 1.54) is 22.8 Å². The number of hydrogen-bond acceptors (Lipinski definition) is 5. The number of hydrogen-bond donors (Lipinski definition) is 1. The number of carbonyl (C=O) groups excluding carboxylic acids is 1. The number of rotatable bonds is 5. The average Bonchev–Trinajstić information content (AvgIpc) is 3.18. The largest absolute Gasteiger partial charge is 0.366 e. The lowest BCUT2D eigenvalue weighted by molar-refractivity contribution is 0.0954. The summed E-state index contributed by atoms with van der Waals surface area (Å²) in [5, 5.41) is 7.00. The molecule has 0 saturated carbocycles. The lowest BCUT2D eigenvalue weighted by atomic mass is 10.2. The van der Waals surface area contributed by atoms with Gasteiger partial charge in [0.2, 0.25) is 0 Å². The molecule has 1 amide bonds. The van der Waals surface area contributed by atoms with E-state index in [2.05, 4.69) is 51.0 Å². The molecule has 116 valence electrons. The number of aromatic nitrogens is 2. The van der Waals surface area contributed by atoms with Gasteiger partial charge in [-0.1, -0.05) is 29.6 Å². The van der Waals surface area contributed by atoms with Crippen molar-refractivity contribution in [3.8, 4) is 0 Å². The van der Waals surface area contributed by atoms with Crippen molar-refractivity contribution in [1.29, 1.82) is 0 Å². The molecule has 1 aromatic carbocycles. The molecule has 1 atom stereocenters. The third-order valence-electron chi connectivity index (χ3n) is 4.11. The van der Waals surface area contributed by atoms with Crippen LogP contribution in [0.1, 0.15) is 34.8 Å². The van der Waals surface area contributed by atoms with Gasteiger partial charge in [0.15, 0.2) is 0 Å². The van der Waals surface area contributed by atoms with E-state index in [-0.39, 0.29) is 11.9 Å². The van der Waals surface area contributed by atoms with Crippen LogP contribution >= 0.6 is 11.5 Å². The van der Waals surface area contributed by atoms with Crippen molar-refractivity contribution in [2.45, 2.75) is 32.7 Å². The Morgan fingerprint density at radius 3 is 3.09 bits per heavy atom. The van der Waals surface area contributed by atoms with Crippen LogP contribution in [0.15, 0.2) is 24.3 Å². The first-order valence-corrected chi connectivity index (χ1v) is 8.42. The van der Waals surface area contributed by atoms with E-state index < -0.39 is 0 Å². The minimum atomic E-state index is -0.0637. The number of aryl methyl sites for hydroxylation is 1. The van der Waals surface area contributed by atoms with E-state index in [0.717, 1.165) is 25.1 Å². The first-order chi connectivity index (χ1) is 10.7. The standard InChI is InChI=1S/C16H20N4OS/c1-3-13-15(22-19-18-13)16(21)17-10-11(2)20-9-8-12-6-4-5-7-14(12)20/h4-7,11H,3,8-10H2,1-2H3,(H,17,21)/t11-/m1/s1. The highest BCUT2D eigenvalue weighted by atomic mass is 32.1. The van der Waals surface area contributed by atoms with Gasteiger partial charge < -0.3 is 10.2 Å². The maximum absolute atomic E-state index is 12.3. The third kappa shape index (κ3) is 2.83. The van der Waals surface area contributed by atoms with Gasteiger partial charge in [-0.05, 0) is 42.9 Å². The molecule has 1 aromatic heterocycles. The zero-order valence-corrected chi connectivity index (χ0v) is 13.7. The predicted molar refractivity (Wildman–Crippen MR) is 88.6 cm³/mol. The zero-order chi connectivity index (χ0) is 15.5. The van der Waals surface area contributed by atoms with Gasteiger partial charge in [-0.2, -0.15) is 0 Å². The van der Waals surface area contributed by atoms with Crippen LogP contribution in [0.4, 0.5) is 5.69 Å². The Labute approximate surface area is 134 Å². The quantitative estimate of drug-likeness (QED) is 0.919. The molecule has 1 aliphatic rings. The van der Waals surface area contributed by atoms with Gasteiger partial charge in [-0.25, -0.2) is 0 Å². The summed E-state index contributed by atoms with van der Waals surface area (Å²) in [5.41, 5.74) is 3.46. The summed E-state index contributed by atoms with van der Waals surface area (Å²) in [6.07, 6.45) is 1.81. The molecule has 6 heteroatoms. The van der Waals surface area contributed by atoms with Gasteiger partial charge >= 0.3 is 0 Å². The second-order valence-electron chi connectivity index (χ2n) is 5.53. The number of nitrogens with zero attached hydrogens (tertiary/aromatic N) is 3. The molecular formula is C16H20N4OS. The molecule has 0 fully saturated rings. The Balaban J connectivity index is 1.61. The van der Waals surface area contributed by atoms with Crippen molar-refractivity contribution in [3.05, 3.63) is 40.4 Å². The molecular weight excluding hydrogens is 296 g/mol. The maximum Gasteiger partial charge on any atom is 0.265 e. The summed E-state index contributed by atoms with van der Waals surface area (Å²) < 4.78 is 3.87. The number of para-hydroxylation sites is 1. The van der Waals surface area contributed by atoms with Crippen LogP contribution in [-0.2, 0) is 12.8 Å². The highest BCUT2D eigenvalue weighted by Crippen LogP contribution is 2.28. The molecule has 0 bridgehead atoms. The zero-order valence-electron chi connectivity index (χ0n) is 12.9. The van der Waals surface area contributed by atoms with Crippen molar-refractivity contribution in [1.82, 2.24) is 14.9 Å². The van der Waals surface area contributed by atoms with Crippen LogP contribution < -0.4 is 10.2 Å². The molecule has 0 unspecified atom stereocenters. The minimum Gasteiger partial charge on any atom is -0.366 e. The van der Waals surface area contributed by atoms with Crippen LogP contribution in [0.2, 0.25) is 0 Å². The summed E-state index contributed by atoms with van der Waals surface area (Å²) in [6.45, 7) is 5.76. The Morgan fingerprint density at radius 2 is 2.27 bits per heavy atom. The van der Waals surface area contributed by atoms with Crippen LogP contribution in [-0.4, -0.2) is 34.6 Å². The van der Waals surface area contributed by atoms with Gasteiger partial charge in [-0.15, -0.1) is 5.10 Å². The summed E-state index contributed by atoms with van der Waals surface area (Å²) in [4.78, 5) is 15.2. The molecule has 2 heterocycles. The van der Waals surface area contributed by atoms with Crippen LogP contribution in [0.3, 0.4) is 0 Å². The number of carbonyl (C=O) groups is 1. The summed E-state index contributed by atoms with van der Waals surface area (Å²) in [5.74, 6) is -0.0637. The molecule has 1 N–H and O–H groups in total. The van der Waals surface area contributed by atoms with Crippen molar-refractivity contribution in [2.75, 3.05) is 18.0 Å². The van der Waals surface area contributed by atoms with Crippen molar-refractivity contribution >= 4 is 23.1 Å². The van der Waals surface area contributed by atoms with Crippen molar-refractivity contribution in [3.63, 3.8) is 0 Å². The van der Waals surface area contributed by atoms with Gasteiger partial charge in [0.05, 0.1) is 5.69 Å². The van der Waals surface area contributed by atoms with E-state index in [9.17, 15) is 4.79 Å². The van der Waals surface area contributed by atoms with Gasteiger partial charge in [-0.3, -0.25) is 4.79 Å². The Morgan fingerprint density at radius 1 is 1.45 bits per heavy atom. The monoisotopic (exact) mass is 316 g/mol. The SMILES string of the molecule is CCc1nnsc1C(=O)NC[C@@H](C)N1CCc2ccccc21. The normalized spacial score (nSPS) is 14.7. The molecule has 1 aliphatic heterocycles. The summed E-state index contributed by atoms with van der Waals surface area (Å²) >= 11 is 1.17. The van der Waals surface area contributed by atoms with E-state index >= 15 is 0 Å². The van der Waals surface area contributed by atoms with E-state index in [1.807, 2.05) is 6.92 Å². The van der Waals surface area contributed by atoms with Crippen molar-refractivity contribution in [2.24, 2.45) is 0 Å². The Kier molecular flexibility index (Phi) is 4.38. The molecule has 5 nitrogen and oxygen atoms in total. The fraction of sp³-hybridized carbons (Fsp3) is 0.438. The average molecular weight is 316 g/mol. The number of amides is 1. The highest BCUT2D eigenvalue weighted by molar-refractivity contribution is 7.08.